The van der Waals surface area contributed by atoms with Crippen molar-refractivity contribution in [3.63, 3.8) is 0 Å². The first-order valence-electron chi connectivity index (χ1n) is 7.41. The third kappa shape index (κ3) is 2.89. The van der Waals surface area contributed by atoms with Crippen molar-refractivity contribution in [3.05, 3.63) is 24.7 Å². The second-order valence-electron chi connectivity index (χ2n) is 5.29. The van der Waals surface area contributed by atoms with Gasteiger partial charge in [0.1, 0.15) is 12.1 Å². The zero-order chi connectivity index (χ0) is 15.6. The summed E-state index contributed by atoms with van der Waals surface area (Å²) in [5.74, 6) is 0.836. The van der Waals surface area contributed by atoms with Gasteiger partial charge in [0.2, 0.25) is 10.0 Å². The molecule has 1 fully saturated rings. The van der Waals surface area contributed by atoms with E-state index in [2.05, 4.69) is 20.3 Å². The third-order valence-electron chi connectivity index (χ3n) is 3.96. The van der Waals surface area contributed by atoms with E-state index in [0.717, 1.165) is 18.2 Å². The number of fused-ring (bicyclic) bond motifs is 1. The molecule has 8 heteroatoms. The molecule has 1 aliphatic rings. The van der Waals surface area contributed by atoms with Crippen molar-refractivity contribution < 1.29 is 8.42 Å². The van der Waals surface area contributed by atoms with Gasteiger partial charge in [-0.15, -0.1) is 0 Å². The van der Waals surface area contributed by atoms with E-state index in [1.165, 1.54) is 6.33 Å². The largest absolute Gasteiger partial charge is 0.368 e. The van der Waals surface area contributed by atoms with Crippen LogP contribution in [0.1, 0.15) is 19.8 Å². The fraction of sp³-hybridized carbons (Fsp3) is 0.500. The quantitative estimate of drug-likeness (QED) is 0.892. The van der Waals surface area contributed by atoms with Gasteiger partial charge in [0.25, 0.3) is 0 Å². The molecule has 7 nitrogen and oxygen atoms in total. The van der Waals surface area contributed by atoms with Crippen molar-refractivity contribution in [2.24, 2.45) is 0 Å². The molecule has 1 unspecified atom stereocenters. The minimum absolute atomic E-state index is 0.0216. The van der Waals surface area contributed by atoms with Crippen LogP contribution in [0.4, 0.5) is 5.82 Å². The Morgan fingerprint density at radius 3 is 3.05 bits per heavy atom. The zero-order valence-corrected chi connectivity index (χ0v) is 13.3. The summed E-state index contributed by atoms with van der Waals surface area (Å²) in [7, 11) is -3.15. The van der Waals surface area contributed by atoms with Gasteiger partial charge in [-0.25, -0.2) is 23.4 Å². The van der Waals surface area contributed by atoms with E-state index in [1.54, 1.807) is 17.4 Å². The minimum atomic E-state index is -3.15. The molecule has 2 aromatic heterocycles. The molecule has 1 aliphatic heterocycles. The van der Waals surface area contributed by atoms with E-state index < -0.39 is 10.0 Å². The summed E-state index contributed by atoms with van der Waals surface area (Å²) in [5, 5.41) is 4.10. The van der Waals surface area contributed by atoms with Crippen LogP contribution in [-0.2, 0) is 10.0 Å². The molecule has 3 heterocycles. The molecule has 1 N–H and O–H groups in total. The van der Waals surface area contributed by atoms with Crippen LogP contribution in [0.25, 0.3) is 11.0 Å². The molecule has 0 amide bonds. The van der Waals surface area contributed by atoms with Crippen LogP contribution in [0.5, 0.6) is 0 Å². The molecule has 1 atom stereocenters. The molecule has 0 radical (unpaired) electrons. The first-order chi connectivity index (χ1) is 10.6. The maximum Gasteiger partial charge on any atom is 0.214 e. The van der Waals surface area contributed by atoms with Gasteiger partial charge in [-0.3, -0.25) is 0 Å². The Morgan fingerprint density at radius 2 is 2.23 bits per heavy atom. The van der Waals surface area contributed by atoms with Crippen LogP contribution in [0.3, 0.4) is 0 Å². The number of aromatic nitrogens is 3. The lowest BCUT2D eigenvalue weighted by Crippen LogP contribution is -2.40. The zero-order valence-electron chi connectivity index (χ0n) is 12.4. The molecule has 118 valence electrons. The first kappa shape index (κ1) is 15.1. The van der Waals surface area contributed by atoms with E-state index in [1.807, 2.05) is 12.1 Å². The van der Waals surface area contributed by atoms with Crippen LogP contribution in [-0.4, -0.2) is 52.6 Å². The number of hydrogen-bond acceptors (Lipinski definition) is 6. The highest BCUT2D eigenvalue weighted by atomic mass is 32.2. The van der Waals surface area contributed by atoms with Crippen molar-refractivity contribution in [2.75, 3.05) is 24.2 Å². The first-order valence-corrected chi connectivity index (χ1v) is 9.02. The Kier molecular flexibility index (Phi) is 4.21. The summed E-state index contributed by atoms with van der Waals surface area (Å²) in [6.45, 7) is 2.83. The SMILES string of the molecule is CCS(=O)(=O)N1CCCC1CNc1ncnc2ncccc12. The van der Waals surface area contributed by atoms with Crippen LogP contribution in [0, 0.1) is 0 Å². The monoisotopic (exact) mass is 321 g/mol. The topological polar surface area (TPSA) is 88.1 Å². The average molecular weight is 321 g/mol. The molecule has 0 aromatic carbocycles. The summed E-state index contributed by atoms with van der Waals surface area (Å²) >= 11 is 0. The number of anilines is 1. The Bertz CT molecular complexity index is 759. The number of pyridine rings is 1. The van der Waals surface area contributed by atoms with Crippen LogP contribution >= 0.6 is 0 Å². The molecule has 2 aromatic rings. The van der Waals surface area contributed by atoms with Gasteiger partial charge in [0.05, 0.1) is 11.1 Å². The van der Waals surface area contributed by atoms with Gasteiger partial charge >= 0.3 is 0 Å². The van der Waals surface area contributed by atoms with Gasteiger partial charge in [-0.2, -0.15) is 4.31 Å². The van der Waals surface area contributed by atoms with Gasteiger partial charge in [-0.1, -0.05) is 0 Å². The number of sulfonamides is 1. The van der Waals surface area contributed by atoms with E-state index in [-0.39, 0.29) is 11.8 Å². The van der Waals surface area contributed by atoms with Crippen LogP contribution < -0.4 is 5.32 Å². The molecule has 0 saturated carbocycles. The van der Waals surface area contributed by atoms with Gasteiger partial charge in [-0.05, 0) is 31.9 Å². The Labute approximate surface area is 129 Å². The highest BCUT2D eigenvalue weighted by Crippen LogP contribution is 2.23. The smallest absolute Gasteiger partial charge is 0.214 e. The lowest BCUT2D eigenvalue weighted by atomic mass is 10.2. The molecule has 0 spiro atoms. The Morgan fingerprint density at radius 1 is 1.36 bits per heavy atom. The molecule has 3 rings (SSSR count). The standard InChI is InChI=1S/C14H19N5O2S/c1-2-22(20,21)19-8-4-5-11(19)9-16-14-12-6-3-7-15-13(12)17-10-18-14/h3,6-7,10-11H,2,4-5,8-9H2,1H3,(H,15,16,17,18). The molecule has 1 saturated heterocycles. The van der Waals surface area contributed by atoms with E-state index in [9.17, 15) is 8.42 Å². The van der Waals surface area contributed by atoms with Crippen LogP contribution in [0.15, 0.2) is 24.7 Å². The molecular weight excluding hydrogens is 302 g/mol. The number of rotatable bonds is 5. The number of hydrogen-bond donors (Lipinski definition) is 1. The summed E-state index contributed by atoms with van der Waals surface area (Å²) in [6, 6.07) is 3.71. The second-order valence-corrected chi connectivity index (χ2v) is 7.50. The lowest BCUT2D eigenvalue weighted by molar-refractivity contribution is 0.399. The normalized spacial score (nSPS) is 19.6. The maximum absolute atomic E-state index is 12.1. The molecular formula is C14H19N5O2S. The summed E-state index contributed by atoms with van der Waals surface area (Å²) in [4.78, 5) is 12.6. The lowest BCUT2D eigenvalue weighted by Gasteiger charge is -2.24. The second kappa shape index (κ2) is 6.13. The van der Waals surface area contributed by atoms with E-state index >= 15 is 0 Å². The molecule has 0 bridgehead atoms. The predicted molar refractivity (Wildman–Crippen MR) is 85.0 cm³/mol. The highest BCUT2D eigenvalue weighted by molar-refractivity contribution is 7.89. The minimum Gasteiger partial charge on any atom is -0.368 e. The molecule has 22 heavy (non-hydrogen) atoms. The summed E-state index contributed by atoms with van der Waals surface area (Å²) < 4.78 is 25.8. The Balaban J connectivity index is 1.77. The van der Waals surface area contributed by atoms with Crippen molar-refractivity contribution >= 4 is 26.9 Å². The van der Waals surface area contributed by atoms with Gasteiger partial charge < -0.3 is 5.32 Å². The number of nitrogens with zero attached hydrogens (tertiary/aromatic N) is 4. The number of nitrogens with one attached hydrogen (secondary N) is 1. The van der Waals surface area contributed by atoms with Crippen molar-refractivity contribution in [1.29, 1.82) is 0 Å². The maximum atomic E-state index is 12.1. The van der Waals surface area contributed by atoms with Crippen molar-refractivity contribution in [3.8, 4) is 0 Å². The molecule has 0 aliphatic carbocycles. The predicted octanol–water partition coefficient (Wildman–Crippen LogP) is 1.25. The summed E-state index contributed by atoms with van der Waals surface area (Å²) in [6.07, 6.45) is 4.92. The van der Waals surface area contributed by atoms with E-state index in [4.69, 9.17) is 0 Å². The average Bonchev–Trinajstić information content (AvgIpc) is 3.02. The fourth-order valence-corrected chi connectivity index (χ4v) is 4.17. The van der Waals surface area contributed by atoms with Crippen molar-refractivity contribution in [2.45, 2.75) is 25.8 Å². The van der Waals surface area contributed by atoms with Crippen LogP contribution in [0.2, 0.25) is 0 Å². The van der Waals surface area contributed by atoms with Crippen molar-refractivity contribution in [1.82, 2.24) is 19.3 Å². The highest BCUT2D eigenvalue weighted by Gasteiger charge is 2.32. The van der Waals surface area contributed by atoms with E-state index in [0.29, 0.717) is 24.6 Å². The Hall–Kier alpha value is -1.80. The third-order valence-corrected chi connectivity index (χ3v) is 5.88. The summed E-state index contributed by atoms with van der Waals surface area (Å²) in [5.41, 5.74) is 0.629. The van der Waals surface area contributed by atoms with Gasteiger partial charge in [0, 0.05) is 25.3 Å². The van der Waals surface area contributed by atoms with Gasteiger partial charge in [0.15, 0.2) is 5.65 Å². The fourth-order valence-electron chi connectivity index (χ4n) is 2.80.